The number of carbonyl (C=O) groups is 2. The van der Waals surface area contributed by atoms with Crippen molar-refractivity contribution in [1.29, 1.82) is 0 Å². The van der Waals surface area contributed by atoms with Gasteiger partial charge in [0.1, 0.15) is 5.60 Å². The smallest absolute Gasteiger partial charge is 0.230 e. The van der Waals surface area contributed by atoms with Crippen LogP contribution in [0.25, 0.3) is 0 Å². The molecule has 0 aliphatic carbocycles. The maximum absolute atomic E-state index is 13.3. The molecule has 0 radical (unpaired) electrons. The van der Waals surface area contributed by atoms with Gasteiger partial charge in [-0.3, -0.25) is 14.6 Å². The Balaban J connectivity index is 1.31. The van der Waals surface area contributed by atoms with Crippen LogP contribution < -0.4 is 0 Å². The number of hydrogen-bond donors (Lipinski definition) is 0. The lowest BCUT2D eigenvalue weighted by molar-refractivity contribution is -0.144. The van der Waals surface area contributed by atoms with Crippen LogP contribution in [0.15, 0.2) is 36.7 Å². The zero-order chi connectivity index (χ0) is 18.6. The van der Waals surface area contributed by atoms with E-state index in [-0.39, 0.29) is 29.8 Å². The maximum Gasteiger partial charge on any atom is 0.230 e. The molecule has 5 rings (SSSR count). The highest BCUT2D eigenvalue weighted by Gasteiger charge is 2.67. The van der Waals surface area contributed by atoms with Crippen molar-refractivity contribution in [3.8, 4) is 0 Å². The number of hydrogen-bond acceptors (Lipinski definition) is 4. The molecule has 3 saturated heterocycles. The quantitative estimate of drug-likeness (QED) is 0.761. The van der Waals surface area contributed by atoms with Gasteiger partial charge in [-0.2, -0.15) is 0 Å². The summed E-state index contributed by atoms with van der Waals surface area (Å²) in [7, 11) is 0. The topological polar surface area (TPSA) is 62.7 Å². The van der Waals surface area contributed by atoms with Gasteiger partial charge in [-0.05, 0) is 43.4 Å². The SMILES string of the molecule is CCN1C[C@@]23C=C[C@@H](O2)[C@@H](C(=O)N2CCC(c4ccncc4)CC2)[C@H]3C1=O. The minimum absolute atomic E-state index is 0.0781. The molecule has 1 aromatic heterocycles. The highest BCUT2D eigenvalue weighted by Crippen LogP contribution is 2.52. The fourth-order valence-electron chi connectivity index (χ4n) is 5.41. The molecule has 6 heteroatoms. The molecule has 0 unspecified atom stereocenters. The molecule has 6 nitrogen and oxygen atoms in total. The molecule has 5 heterocycles. The lowest BCUT2D eigenvalue weighted by Gasteiger charge is -2.35. The van der Waals surface area contributed by atoms with Crippen molar-refractivity contribution in [2.45, 2.75) is 37.4 Å². The van der Waals surface area contributed by atoms with Crippen LogP contribution in [0.5, 0.6) is 0 Å². The van der Waals surface area contributed by atoms with Gasteiger partial charge in [-0.25, -0.2) is 0 Å². The number of likely N-dealkylation sites (N-methyl/N-ethyl adjacent to an activating group) is 1. The highest BCUT2D eigenvalue weighted by atomic mass is 16.5. The van der Waals surface area contributed by atoms with Crippen molar-refractivity contribution in [1.82, 2.24) is 14.8 Å². The standard InChI is InChI=1S/C21H25N3O3/c1-2-23-13-21-8-3-16(27-21)17(18(21)20(23)26)19(25)24-11-6-15(7-12-24)14-4-9-22-10-5-14/h3-5,8-10,15-18H,2,6-7,11-13H2,1H3/t16-,17-,18+,21-/m1/s1. The lowest BCUT2D eigenvalue weighted by Crippen LogP contribution is -2.48. The summed E-state index contributed by atoms with van der Waals surface area (Å²) in [5.74, 6) is -0.0669. The molecule has 0 saturated carbocycles. The van der Waals surface area contributed by atoms with Gasteiger partial charge >= 0.3 is 0 Å². The first-order valence-corrected chi connectivity index (χ1v) is 9.97. The summed E-state index contributed by atoms with van der Waals surface area (Å²) in [5.41, 5.74) is 0.722. The third-order valence-corrected chi connectivity index (χ3v) is 6.83. The second-order valence-electron chi connectivity index (χ2n) is 8.13. The Labute approximate surface area is 159 Å². The maximum atomic E-state index is 13.3. The van der Waals surface area contributed by atoms with Gasteiger partial charge < -0.3 is 14.5 Å². The number of aromatic nitrogens is 1. The van der Waals surface area contributed by atoms with E-state index in [1.54, 1.807) is 0 Å². The molecule has 1 spiro atoms. The molecule has 142 valence electrons. The second kappa shape index (κ2) is 6.16. The van der Waals surface area contributed by atoms with E-state index in [0.717, 1.165) is 25.9 Å². The second-order valence-corrected chi connectivity index (χ2v) is 8.13. The summed E-state index contributed by atoms with van der Waals surface area (Å²) in [6.45, 7) is 4.70. The van der Waals surface area contributed by atoms with Gasteiger partial charge in [0.05, 0.1) is 24.5 Å². The average molecular weight is 367 g/mol. The van der Waals surface area contributed by atoms with E-state index in [1.807, 2.05) is 41.3 Å². The van der Waals surface area contributed by atoms with Crippen molar-refractivity contribution in [3.05, 3.63) is 42.2 Å². The molecule has 1 aromatic rings. The van der Waals surface area contributed by atoms with Gasteiger partial charge in [0.2, 0.25) is 11.8 Å². The monoisotopic (exact) mass is 367 g/mol. The minimum Gasteiger partial charge on any atom is -0.360 e. The molecule has 4 aliphatic heterocycles. The average Bonchev–Trinajstić information content (AvgIpc) is 3.36. The molecule has 3 fully saturated rings. The van der Waals surface area contributed by atoms with E-state index in [9.17, 15) is 9.59 Å². The summed E-state index contributed by atoms with van der Waals surface area (Å²) in [4.78, 5) is 34.1. The van der Waals surface area contributed by atoms with Crippen LogP contribution in [0.2, 0.25) is 0 Å². The first kappa shape index (κ1) is 16.9. The third kappa shape index (κ3) is 2.46. The summed E-state index contributed by atoms with van der Waals surface area (Å²) in [5, 5.41) is 0. The summed E-state index contributed by atoms with van der Waals surface area (Å²) >= 11 is 0. The minimum atomic E-state index is -0.576. The van der Waals surface area contributed by atoms with Gasteiger partial charge in [0.25, 0.3) is 0 Å². The summed E-state index contributed by atoms with van der Waals surface area (Å²) < 4.78 is 6.17. The Morgan fingerprint density at radius 2 is 2.04 bits per heavy atom. The van der Waals surface area contributed by atoms with E-state index >= 15 is 0 Å². The molecule has 0 N–H and O–H groups in total. The number of likely N-dealkylation sites (tertiary alicyclic amines) is 2. The van der Waals surface area contributed by atoms with Crippen LogP contribution in [0, 0.1) is 11.8 Å². The number of ether oxygens (including phenoxy) is 1. The fraction of sp³-hybridized carbons (Fsp3) is 0.571. The Morgan fingerprint density at radius 1 is 1.30 bits per heavy atom. The normalized spacial score (nSPS) is 35.1. The van der Waals surface area contributed by atoms with E-state index in [4.69, 9.17) is 4.74 Å². The Kier molecular flexibility index (Phi) is 3.86. The molecule has 4 aliphatic rings. The predicted molar refractivity (Wildman–Crippen MR) is 98.8 cm³/mol. The van der Waals surface area contributed by atoms with Crippen LogP contribution in [-0.2, 0) is 14.3 Å². The van der Waals surface area contributed by atoms with Crippen molar-refractivity contribution in [2.75, 3.05) is 26.2 Å². The predicted octanol–water partition coefficient (Wildman–Crippen LogP) is 1.59. The Bertz CT molecular complexity index is 787. The molecular weight excluding hydrogens is 342 g/mol. The van der Waals surface area contributed by atoms with Gasteiger partial charge in [0.15, 0.2) is 0 Å². The Morgan fingerprint density at radius 3 is 2.74 bits per heavy atom. The number of fused-ring (bicyclic) bond motifs is 1. The van der Waals surface area contributed by atoms with Gasteiger partial charge in [-0.1, -0.05) is 12.2 Å². The Hall–Kier alpha value is -2.21. The van der Waals surface area contributed by atoms with Crippen molar-refractivity contribution in [3.63, 3.8) is 0 Å². The van der Waals surface area contributed by atoms with Crippen LogP contribution in [0.1, 0.15) is 31.2 Å². The number of rotatable bonds is 3. The first-order chi connectivity index (χ1) is 13.1. The van der Waals surface area contributed by atoms with E-state index < -0.39 is 5.60 Å². The largest absolute Gasteiger partial charge is 0.360 e. The van der Waals surface area contributed by atoms with Crippen LogP contribution in [-0.4, -0.2) is 64.5 Å². The molecule has 4 atom stereocenters. The molecular formula is C21H25N3O3. The highest BCUT2D eigenvalue weighted by molar-refractivity contribution is 5.93. The first-order valence-electron chi connectivity index (χ1n) is 9.97. The zero-order valence-electron chi connectivity index (χ0n) is 15.6. The van der Waals surface area contributed by atoms with Crippen LogP contribution >= 0.6 is 0 Å². The number of amides is 2. The fourth-order valence-corrected chi connectivity index (χ4v) is 5.41. The number of piperidine rings is 1. The van der Waals surface area contributed by atoms with Crippen LogP contribution in [0.3, 0.4) is 0 Å². The number of pyridine rings is 1. The van der Waals surface area contributed by atoms with E-state index in [0.29, 0.717) is 19.0 Å². The number of carbonyl (C=O) groups excluding carboxylic acids is 2. The number of nitrogens with zero attached hydrogens (tertiary/aromatic N) is 3. The summed E-state index contributed by atoms with van der Waals surface area (Å²) in [6, 6.07) is 4.13. The van der Waals surface area contributed by atoms with E-state index in [1.165, 1.54) is 5.56 Å². The van der Waals surface area contributed by atoms with E-state index in [2.05, 4.69) is 17.1 Å². The molecule has 0 aromatic carbocycles. The zero-order valence-corrected chi connectivity index (χ0v) is 15.6. The van der Waals surface area contributed by atoms with Crippen molar-refractivity contribution >= 4 is 11.8 Å². The van der Waals surface area contributed by atoms with Crippen LogP contribution in [0.4, 0.5) is 0 Å². The third-order valence-electron chi connectivity index (χ3n) is 6.83. The lowest BCUT2D eigenvalue weighted by atomic mass is 9.76. The van der Waals surface area contributed by atoms with Gasteiger partial charge in [0, 0.05) is 32.0 Å². The van der Waals surface area contributed by atoms with Crippen molar-refractivity contribution in [2.24, 2.45) is 11.8 Å². The van der Waals surface area contributed by atoms with Gasteiger partial charge in [-0.15, -0.1) is 0 Å². The molecule has 27 heavy (non-hydrogen) atoms. The molecule has 2 amide bonds. The summed E-state index contributed by atoms with van der Waals surface area (Å²) in [6.07, 6.45) is 9.34. The van der Waals surface area contributed by atoms with Crippen molar-refractivity contribution < 1.29 is 14.3 Å². The molecule has 2 bridgehead atoms.